The molecule has 0 spiro atoms. The molecule has 0 bridgehead atoms. The number of nitrogens with one attached hydrogen (secondary N) is 1. The zero-order valence-electron chi connectivity index (χ0n) is 13.1. The third-order valence-electron chi connectivity index (χ3n) is 3.24. The third-order valence-corrected chi connectivity index (χ3v) is 3.73. The number of anilines is 1. The number of halogens is 2. The first kappa shape index (κ1) is 17.4. The largest absolute Gasteiger partial charge is 0.320 e. The molecule has 0 aliphatic carbocycles. The second-order valence-corrected chi connectivity index (χ2v) is 6.70. The smallest absolute Gasteiger partial charge is 0.248 e. The van der Waals surface area contributed by atoms with E-state index in [4.69, 9.17) is 0 Å². The highest BCUT2D eigenvalue weighted by atomic mass is 79.9. The first-order valence-corrected chi connectivity index (χ1v) is 8.26. The normalized spacial score (nSPS) is 11.2. The molecule has 0 heterocycles. The summed E-state index contributed by atoms with van der Waals surface area (Å²) in [5, 5.41) is 2.52. The van der Waals surface area contributed by atoms with Crippen LogP contribution in [0.15, 0.2) is 53.0 Å². The Labute approximate surface area is 144 Å². The van der Waals surface area contributed by atoms with Crippen LogP contribution in [0.3, 0.4) is 0 Å². The summed E-state index contributed by atoms with van der Waals surface area (Å²) in [6.07, 6.45) is 4.15. The quantitative estimate of drug-likeness (QED) is 0.692. The van der Waals surface area contributed by atoms with Gasteiger partial charge in [0.15, 0.2) is 0 Å². The minimum atomic E-state index is -0.473. The van der Waals surface area contributed by atoms with Crippen LogP contribution in [-0.2, 0) is 11.2 Å². The summed E-state index contributed by atoms with van der Waals surface area (Å²) in [5.41, 5.74) is 2.37. The maximum absolute atomic E-state index is 13.7. The van der Waals surface area contributed by atoms with Gasteiger partial charge < -0.3 is 5.32 Å². The van der Waals surface area contributed by atoms with Crippen LogP contribution >= 0.6 is 15.9 Å². The summed E-state index contributed by atoms with van der Waals surface area (Å²) in [6, 6.07) is 12.6. The molecule has 120 valence electrons. The maximum Gasteiger partial charge on any atom is 0.248 e. The minimum Gasteiger partial charge on any atom is -0.320 e. The summed E-state index contributed by atoms with van der Waals surface area (Å²) in [5.74, 6) is -0.223. The van der Waals surface area contributed by atoms with Crippen LogP contribution < -0.4 is 5.32 Å². The van der Waals surface area contributed by atoms with Crippen LogP contribution in [0.1, 0.15) is 25.0 Å². The van der Waals surface area contributed by atoms with E-state index in [-0.39, 0.29) is 11.6 Å². The molecule has 0 aromatic heterocycles. The van der Waals surface area contributed by atoms with Crippen molar-refractivity contribution in [3.63, 3.8) is 0 Å². The van der Waals surface area contributed by atoms with E-state index in [1.165, 1.54) is 23.8 Å². The van der Waals surface area contributed by atoms with Gasteiger partial charge in [0, 0.05) is 10.5 Å². The highest BCUT2D eigenvalue weighted by Crippen LogP contribution is 2.19. The molecule has 1 amide bonds. The molecule has 23 heavy (non-hydrogen) atoms. The molecule has 2 aromatic rings. The van der Waals surface area contributed by atoms with E-state index in [0.717, 1.165) is 12.0 Å². The first-order valence-electron chi connectivity index (χ1n) is 7.47. The van der Waals surface area contributed by atoms with Gasteiger partial charge in [-0.1, -0.05) is 54.0 Å². The molecular formula is C19H19BrFNO. The van der Waals surface area contributed by atoms with E-state index in [9.17, 15) is 9.18 Å². The van der Waals surface area contributed by atoms with Crippen LogP contribution in [0.5, 0.6) is 0 Å². The van der Waals surface area contributed by atoms with Crippen molar-refractivity contribution >= 4 is 33.6 Å². The molecule has 2 aromatic carbocycles. The number of hydrogen-bond donors (Lipinski definition) is 1. The summed E-state index contributed by atoms with van der Waals surface area (Å²) in [4.78, 5) is 11.9. The third kappa shape index (κ3) is 5.64. The standard InChI is InChI=1S/C19H19BrFNO/c1-13(2)11-15-5-3-14(4-6-15)7-10-19(23)22-18-9-8-16(20)12-17(18)21/h3-10,12-13H,11H2,1-2H3,(H,22,23)/b10-7-. The van der Waals surface area contributed by atoms with E-state index in [2.05, 4.69) is 47.2 Å². The van der Waals surface area contributed by atoms with Crippen molar-refractivity contribution in [1.29, 1.82) is 0 Å². The van der Waals surface area contributed by atoms with Crippen LogP contribution in [-0.4, -0.2) is 5.91 Å². The lowest BCUT2D eigenvalue weighted by Crippen LogP contribution is -2.09. The SMILES string of the molecule is CC(C)Cc1ccc(/C=C\C(=O)Nc2ccc(Br)cc2F)cc1. The topological polar surface area (TPSA) is 29.1 Å². The minimum absolute atomic E-state index is 0.162. The molecule has 4 heteroatoms. The summed E-state index contributed by atoms with van der Waals surface area (Å²) >= 11 is 3.18. The number of carbonyl (C=O) groups excluding carboxylic acids is 1. The number of amides is 1. The average Bonchev–Trinajstić information content (AvgIpc) is 2.49. The van der Waals surface area contributed by atoms with Gasteiger partial charge in [-0.05, 0) is 47.7 Å². The van der Waals surface area contributed by atoms with E-state index < -0.39 is 5.82 Å². The predicted molar refractivity (Wildman–Crippen MR) is 96.7 cm³/mol. The number of rotatable bonds is 5. The molecule has 2 rings (SSSR count). The molecule has 0 saturated heterocycles. The number of benzene rings is 2. The van der Waals surface area contributed by atoms with Gasteiger partial charge in [-0.2, -0.15) is 0 Å². The van der Waals surface area contributed by atoms with E-state index >= 15 is 0 Å². The fourth-order valence-electron chi connectivity index (χ4n) is 2.17. The van der Waals surface area contributed by atoms with Gasteiger partial charge >= 0.3 is 0 Å². The van der Waals surface area contributed by atoms with Gasteiger partial charge in [0.25, 0.3) is 0 Å². The summed E-state index contributed by atoms with van der Waals surface area (Å²) in [6.45, 7) is 4.36. The van der Waals surface area contributed by atoms with Crippen LogP contribution in [0.25, 0.3) is 6.08 Å². The zero-order valence-corrected chi connectivity index (χ0v) is 14.7. The Morgan fingerprint density at radius 1 is 1.22 bits per heavy atom. The average molecular weight is 376 g/mol. The van der Waals surface area contributed by atoms with Crippen molar-refractivity contribution < 1.29 is 9.18 Å². The van der Waals surface area contributed by atoms with Crippen molar-refractivity contribution in [2.24, 2.45) is 5.92 Å². The van der Waals surface area contributed by atoms with Crippen molar-refractivity contribution in [2.45, 2.75) is 20.3 Å². The summed E-state index contributed by atoms with van der Waals surface area (Å²) in [7, 11) is 0. The summed E-state index contributed by atoms with van der Waals surface area (Å²) < 4.78 is 14.3. The lowest BCUT2D eigenvalue weighted by atomic mass is 10.0. The monoisotopic (exact) mass is 375 g/mol. The Balaban J connectivity index is 1.97. The van der Waals surface area contributed by atoms with E-state index in [1.54, 1.807) is 12.1 Å². The van der Waals surface area contributed by atoms with Gasteiger partial charge in [-0.15, -0.1) is 0 Å². The van der Waals surface area contributed by atoms with Crippen LogP contribution in [0.4, 0.5) is 10.1 Å². The lowest BCUT2D eigenvalue weighted by Gasteiger charge is -2.05. The fraction of sp³-hybridized carbons (Fsp3) is 0.211. The molecule has 2 nitrogen and oxygen atoms in total. The van der Waals surface area contributed by atoms with Crippen molar-refractivity contribution in [3.05, 3.63) is 70.0 Å². The van der Waals surface area contributed by atoms with E-state index in [1.807, 2.05) is 12.1 Å². The Hall–Kier alpha value is -1.94. The molecule has 0 radical (unpaired) electrons. The highest BCUT2D eigenvalue weighted by Gasteiger charge is 2.05. The van der Waals surface area contributed by atoms with Gasteiger partial charge in [0.1, 0.15) is 5.82 Å². The molecule has 1 N–H and O–H groups in total. The van der Waals surface area contributed by atoms with Gasteiger partial charge in [0.05, 0.1) is 5.69 Å². The van der Waals surface area contributed by atoms with Crippen molar-refractivity contribution in [2.75, 3.05) is 5.32 Å². The Morgan fingerprint density at radius 2 is 1.91 bits per heavy atom. The highest BCUT2D eigenvalue weighted by molar-refractivity contribution is 9.10. The molecule has 0 aliphatic heterocycles. The molecular weight excluding hydrogens is 357 g/mol. The van der Waals surface area contributed by atoms with Gasteiger partial charge in [-0.25, -0.2) is 4.39 Å². The Kier molecular flexibility index (Phi) is 6.11. The van der Waals surface area contributed by atoms with Gasteiger partial charge in [0.2, 0.25) is 5.91 Å². The molecule has 0 atom stereocenters. The number of carbonyl (C=O) groups is 1. The second-order valence-electron chi connectivity index (χ2n) is 5.79. The molecule has 0 fully saturated rings. The van der Waals surface area contributed by atoms with E-state index in [0.29, 0.717) is 10.4 Å². The van der Waals surface area contributed by atoms with Crippen molar-refractivity contribution in [1.82, 2.24) is 0 Å². The van der Waals surface area contributed by atoms with Gasteiger partial charge in [-0.3, -0.25) is 4.79 Å². The lowest BCUT2D eigenvalue weighted by molar-refractivity contribution is -0.111. The predicted octanol–water partition coefficient (Wildman–Crippen LogP) is 5.44. The Morgan fingerprint density at radius 3 is 2.52 bits per heavy atom. The van der Waals surface area contributed by atoms with Crippen LogP contribution in [0.2, 0.25) is 0 Å². The molecule has 0 aliphatic rings. The molecule has 0 unspecified atom stereocenters. The Bertz CT molecular complexity index is 708. The van der Waals surface area contributed by atoms with Crippen molar-refractivity contribution in [3.8, 4) is 0 Å². The first-order chi connectivity index (χ1) is 10.9. The zero-order chi connectivity index (χ0) is 16.8. The number of hydrogen-bond acceptors (Lipinski definition) is 1. The maximum atomic E-state index is 13.7. The fourth-order valence-corrected chi connectivity index (χ4v) is 2.51. The van der Waals surface area contributed by atoms with Crippen LogP contribution in [0, 0.1) is 11.7 Å². The molecule has 0 saturated carbocycles. The second kappa shape index (κ2) is 8.06.